The minimum atomic E-state index is -0.271. The average molecular weight is 384 g/mol. The largest absolute Gasteiger partial charge is 1.00 e. The van der Waals surface area contributed by atoms with E-state index in [0.29, 0.717) is 19.8 Å². The Kier molecular flexibility index (Phi) is 10.9. The molecule has 0 amide bonds. The van der Waals surface area contributed by atoms with Crippen molar-refractivity contribution in [2.75, 3.05) is 19.8 Å². The van der Waals surface area contributed by atoms with Crippen LogP contribution in [0.3, 0.4) is 0 Å². The second kappa shape index (κ2) is 12.3. The maximum Gasteiger partial charge on any atom is 0.311 e. The molecular formula is C21H32ClO4-. The van der Waals surface area contributed by atoms with Crippen LogP contribution in [0, 0.1) is 11.8 Å². The molecule has 0 aliphatic carbocycles. The Labute approximate surface area is 164 Å². The van der Waals surface area contributed by atoms with Gasteiger partial charge in [-0.2, -0.15) is 0 Å². The highest BCUT2D eigenvalue weighted by Crippen LogP contribution is 2.23. The molecule has 4 atom stereocenters. The monoisotopic (exact) mass is 383 g/mol. The minimum Gasteiger partial charge on any atom is -1.00 e. The zero-order valence-corrected chi connectivity index (χ0v) is 16.9. The Bertz CT molecular complexity index is 508. The van der Waals surface area contributed by atoms with E-state index in [1.807, 2.05) is 32.0 Å². The molecule has 0 aromatic heterocycles. The third kappa shape index (κ3) is 7.26. The molecule has 0 spiro atoms. The molecular weight excluding hydrogens is 352 g/mol. The summed E-state index contributed by atoms with van der Waals surface area (Å²) in [7, 11) is 0. The van der Waals surface area contributed by atoms with Crippen molar-refractivity contribution in [2.24, 2.45) is 11.8 Å². The van der Waals surface area contributed by atoms with Crippen LogP contribution in [-0.4, -0.2) is 38.0 Å². The Morgan fingerprint density at radius 2 is 1.85 bits per heavy atom. The number of hydrogen-bond donors (Lipinski definition) is 0. The standard InChI is InChI=1S/C21H32O4.ClH/c1-4-5-9-12-24-20-17(3)25-21(22)16(2)14-23-15-19(20)13-18-10-7-6-8-11-18;/h6-8,10-11,16-17,19-20H,4-5,9,12-15H2,1-3H3;1H/p-1/t16-,17-,19-,20-;/m0./s1. The summed E-state index contributed by atoms with van der Waals surface area (Å²) in [6.07, 6.45) is 3.78. The van der Waals surface area contributed by atoms with Crippen molar-refractivity contribution in [2.45, 2.75) is 58.7 Å². The van der Waals surface area contributed by atoms with E-state index < -0.39 is 0 Å². The second-order valence-electron chi connectivity index (χ2n) is 7.07. The predicted octanol–water partition coefficient (Wildman–Crippen LogP) is 1.02. The molecule has 148 valence electrons. The number of esters is 1. The van der Waals surface area contributed by atoms with Crippen molar-refractivity contribution in [1.82, 2.24) is 0 Å². The molecule has 1 fully saturated rings. The quantitative estimate of drug-likeness (QED) is 0.521. The first kappa shape index (κ1) is 22.9. The molecule has 1 saturated heterocycles. The summed E-state index contributed by atoms with van der Waals surface area (Å²) in [4.78, 5) is 12.2. The van der Waals surface area contributed by atoms with Crippen LogP contribution in [0.5, 0.6) is 0 Å². The van der Waals surface area contributed by atoms with Gasteiger partial charge in [-0.1, -0.05) is 50.1 Å². The Balaban J connectivity index is 0.00000338. The summed E-state index contributed by atoms with van der Waals surface area (Å²) in [5.41, 5.74) is 1.25. The predicted molar refractivity (Wildman–Crippen MR) is 98.4 cm³/mol. The van der Waals surface area contributed by atoms with Crippen molar-refractivity contribution >= 4 is 5.97 Å². The molecule has 4 nitrogen and oxygen atoms in total. The van der Waals surface area contributed by atoms with Crippen LogP contribution in [0.4, 0.5) is 0 Å². The summed E-state index contributed by atoms with van der Waals surface area (Å²) in [5.74, 6) is -0.272. The molecule has 1 aliphatic heterocycles. The van der Waals surface area contributed by atoms with Crippen molar-refractivity contribution in [3.8, 4) is 0 Å². The van der Waals surface area contributed by atoms with Gasteiger partial charge >= 0.3 is 5.97 Å². The number of hydrogen-bond acceptors (Lipinski definition) is 4. The van der Waals surface area contributed by atoms with Gasteiger partial charge in [0.2, 0.25) is 0 Å². The van der Waals surface area contributed by atoms with E-state index >= 15 is 0 Å². The van der Waals surface area contributed by atoms with E-state index in [4.69, 9.17) is 14.2 Å². The van der Waals surface area contributed by atoms with Gasteiger partial charge in [-0.3, -0.25) is 4.79 Å². The van der Waals surface area contributed by atoms with Crippen LogP contribution >= 0.6 is 0 Å². The van der Waals surface area contributed by atoms with E-state index in [2.05, 4.69) is 19.1 Å². The van der Waals surface area contributed by atoms with Crippen molar-refractivity contribution in [3.63, 3.8) is 0 Å². The number of halogens is 1. The summed E-state index contributed by atoms with van der Waals surface area (Å²) in [5, 5.41) is 0. The number of unbranched alkanes of at least 4 members (excludes halogenated alkanes) is 2. The third-order valence-electron chi connectivity index (χ3n) is 4.73. The average Bonchev–Trinajstić information content (AvgIpc) is 2.65. The van der Waals surface area contributed by atoms with Crippen LogP contribution in [0.2, 0.25) is 0 Å². The lowest BCUT2D eigenvalue weighted by molar-refractivity contribution is -0.162. The highest BCUT2D eigenvalue weighted by Gasteiger charge is 2.33. The molecule has 26 heavy (non-hydrogen) atoms. The van der Waals surface area contributed by atoms with Crippen LogP contribution in [-0.2, 0) is 25.4 Å². The fourth-order valence-corrected chi connectivity index (χ4v) is 3.24. The molecule has 1 aromatic rings. The fourth-order valence-electron chi connectivity index (χ4n) is 3.24. The SMILES string of the molecule is CCCCCO[C@@H]1[C@@H](Cc2ccccc2)COC[C@H](C)C(=O)O[C@H]1C.[Cl-]. The molecule has 2 rings (SSSR count). The summed E-state index contributed by atoms with van der Waals surface area (Å²) in [6.45, 7) is 7.65. The molecule has 0 N–H and O–H groups in total. The van der Waals surface area contributed by atoms with E-state index in [1.54, 1.807) is 0 Å². The van der Waals surface area contributed by atoms with Gasteiger partial charge in [-0.15, -0.1) is 0 Å². The maximum absolute atomic E-state index is 12.2. The number of ether oxygens (including phenoxy) is 3. The van der Waals surface area contributed by atoms with Gasteiger partial charge in [0.1, 0.15) is 6.10 Å². The van der Waals surface area contributed by atoms with Gasteiger partial charge in [-0.05, 0) is 32.3 Å². The van der Waals surface area contributed by atoms with Gasteiger partial charge in [0, 0.05) is 12.5 Å². The number of carbonyl (C=O) groups is 1. The van der Waals surface area contributed by atoms with Crippen molar-refractivity contribution in [3.05, 3.63) is 35.9 Å². The van der Waals surface area contributed by atoms with Crippen molar-refractivity contribution in [1.29, 1.82) is 0 Å². The number of carbonyl (C=O) groups excluding carboxylic acids is 1. The van der Waals surface area contributed by atoms with Gasteiger partial charge in [-0.25, -0.2) is 0 Å². The molecule has 1 aliphatic rings. The molecule has 0 saturated carbocycles. The lowest BCUT2D eigenvalue weighted by Crippen LogP contribution is -3.00. The smallest absolute Gasteiger partial charge is 0.311 e. The first-order chi connectivity index (χ1) is 12.1. The maximum atomic E-state index is 12.2. The zero-order valence-electron chi connectivity index (χ0n) is 16.2. The fraction of sp³-hybridized carbons (Fsp3) is 0.667. The minimum absolute atomic E-state index is 0. The van der Waals surface area contributed by atoms with Gasteiger partial charge < -0.3 is 26.6 Å². The number of rotatable bonds is 7. The van der Waals surface area contributed by atoms with Crippen LogP contribution < -0.4 is 12.4 Å². The van der Waals surface area contributed by atoms with E-state index in [0.717, 1.165) is 25.7 Å². The van der Waals surface area contributed by atoms with Crippen LogP contribution in [0.25, 0.3) is 0 Å². The molecule has 1 aromatic carbocycles. The van der Waals surface area contributed by atoms with Crippen LogP contribution in [0.15, 0.2) is 30.3 Å². The number of benzene rings is 1. The third-order valence-corrected chi connectivity index (χ3v) is 4.73. The first-order valence-corrected chi connectivity index (χ1v) is 9.55. The topological polar surface area (TPSA) is 44.8 Å². The molecule has 0 radical (unpaired) electrons. The molecule has 1 heterocycles. The lowest BCUT2D eigenvalue weighted by Gasteiger charge is -2.31. The molecule has 0 bridgehead atoms. The highest BCUT2D eigenvalue weighted by atomic mass is 35.5. The van der Waals surface area contributed by atoms with Crippen molar-refractivity contribution < 1.29 is 31.4 Å². The summed E-state index contributed by atoms with van der Waals surface area (Å²) in [6, 6.07) is 10.4. The summed E-state index contributed by atoms with van der Waals surface area (Å²) < 4.78 is 17.7. The van der Waals surface area contributed by atoms with E-state index in [-0.39, 0.29) is 42.4 Å². The van der Waals surface area contributed by atoms with Gasteiger partial charge in [0.25, 0.3) is 0 Å². The van der Waals surface area contributed by atoms with E-state index in [1.165, 1.54) is 5.56 Å². The Morgan fingerprint density at radius 3 is 2.54 bits per heavy atom. The highest BCUT2D eigenvalue weighted by molar-refractivity contribution is 5.72. The number of cyclic esters (lactones) is 1. The molecule has 0 unspecified atom stereocenters. The normalized spacial score (nSPS) is 26.8. The van der Waals surface area contributed by atoms with E-state index in [9.17, 15) is 4.79 Å². The Morgan fingerprint density at radius 1 is 1.12 bits per heavy atom. The van der Waals surface area contributed by atoms with Crippen LogP contribution in [0.1, 0.15) is 45.6 Å². The van der Waals surface area contributed by atoms with Gasteiger partial charge in [0.15, 0.2) is 0 Å². The lowest BCUT2D eigenvalue weighted by atomic mass is 9.91. The van der Waals surface area contributed by atoms with Gasteiger partial charge in [0.05, 0.1) is 25.2 Å². The molecule has 5 heteroatoms. The Hall–Kier alpha value is -1.10. The first-order valence-electron chi connectivity index (χ1n) is 9.55. The second-order valence-corrected chi connectivity index (χ2v) is 7.07. The zero-order chi connectivity index (χ0) is 18.1. The summed E-state index contributed by atoms with van der Waals surface area (Å²) >= 11 is 0.